The van der Waals surface area contributed by atoms with Gasteiger partial charge in [-0.1, -0.05) is 19.0 Å². The molecule has 3 rings (SSSR count). The standard InChI is InChI=1S/C18H21N5O3/c1-11(12(2)16-6-5-14(24-4)7-20-16)9-25-18-15(8-19-13(3)23-18)17-21-10-22-26-17/h5-8,10-12H,9H2,1-4H3/t11-,12+/m1/s1. The zero-order chi connectivity index (χ0) is 18.5. The summed E-state index contributed by atoms with van der Waals surface area (Å²) in [6.07, 6.45) is 4.68. The molecule has 0 aliphatic carbocycles. The molecule has 0 saturated carbocycles. The van der Waals surface area contributed by atoms with Gasteiger partial charge in [-0.15, -0.1) is 0 Å². The molecule has 3 aromatic rings. The molecule has 0 bridgehead atoms. The highest BCUT2D eigenvalue weighted by Crippen LogP contribution is 2.28. The Hall–Kier alpha value is -3.03. The lowest BCUT2D eigenvalue weighted by atomic mass is 9.93. The van der Waals surface area contributed by atoms with Crippen LogP contribution in [0.4, 0.5) is 0 Å². The van der Waals surface area contributed by atoms with Crippen LogP contribution < -0.4 is 9.47 Å². The molecule has 0 amide bonds. The molecule has 0 unspecified atom stereocenters. The number of aryl methyl sites for hydroxylation is 1. The van der Waals surface area contributed by atoms with E-state index in [1.54, 1.807) is 26.4 Å². The smallest absolute Gasteiger partial charge is 0.264 e. The fourth-order valence-corrected chi connectivity index (χ4v) is 2.43. The Balaban J connectivity index is 1.71. The maximum absolute atomic E-state index is 5.96. The molecule has 0 aromatic carbocycles. The average Bonchev–Trinajstić information content (AvgIpc) is 3.20. The summed E-state index contributed by atoms with van der Waals surface area (Å²) in [5.41, 5.74) is 1.56. The maximum Gasteiger partial charge on any atom is 0.264 e. The number of rotatable bonds is 7. The van der Waals surface area contributed by atoms with E-state index < -0.39 is 0 Å². The van der Waals surface area contributed by atoms with E-state index in [0.717, 1.165) is 11.4 Å². The Morgan fingerprint density at radius 2 is 1.96 bits per heavy atom. The predicted octanol–water partition coefficient (Wildman–Crippen LogP) is 3.06. The second-order valence-electron chi connectivity index (χ2n) is 6.08. The van der Waals surface area contributed by atoms with E-state index in [-0.39, 0.29) is 11.8 Å². The number of hydrogen-bond acceptors (Lipinski definition) is 8. The first-order chi connectivity index (χ1) is 12.6. The van der Waals surface area contributed by atoms with Crippen molar-refractivity contribution in [3.8, 4) is 23.1 Å². The highest BCUT2D eigenvalue weighted by molar-refractivity contribution is 5.58. The van der Waals surface area contributed by atoms with Crippen molar-refractivity contribution >= 4 is 0 Å². The summed E-state index contributed by atoms with van der Waals surface area (Å²) < 4.78 is 16.2. The summed E-state index contributed by atoms with van der Waals surface area (Å²) in [4.78, 5) is 17.0. The molecule has 136 valence electrons. The van der Waals surface area contributed by atoms with Crippen molar-refractivity contribution in [1.82, 2.24) is 25.1 Å². The molecule has 0 saturated heterocycles. The fraction of sp³-hybridized carbons (Fsp3) is 0.389. The molecule has 2 atom stereocenters. The molecule has 0 N–H and O–H groups in total. The quantitative estimate of drug-likeness (QED) is 0.638. The van der Waals surface area contributed by atoms with Gasteiger partial charge in [0.25, 0.3) is 5.89 Å². The van der Waals surface area contributed by atoms with Gasteiger partial charge in [-0.3, -0.25) is 4.98 Å². The van der Waals surface area contributed by atoms with Gasteiger partial charge >= 0.3 is 0 Å². The second-order valence-corrected chi connectivity index (χ2v) is 6.08. The highest BCUT2D eigenvalue weighted by atomic mass is 16.5. The molecular formula is C18H21N5O3. The van der Waals surface area contributed by atoms with Crippen LogP contribution >= 0.6 is 0 Å². The lowest BCUT2D eigenvalue weighted by Crippen LogP contribution is -2.17. The van der Waals surface area contributed by atoms with Crippen molar-refractivity contribution < 1.29 is 14.0 Å². The third-order valence-electron chi connectivity index (χ3n) is 4.26. The minimum absolute atomic E-state index is 0.204. The van der Waals surface area contributed by atoms with Crippen LogP contribution in [-0.2, 0) is 0 Å². The van der Waals surface area contributed by atoms with Crippen molar-refractivity contribution in [2.45, 2.75) is 26.7 Å². The zero-order valence-electron chi connectivity index (χ0n) is 15.2. The normalized spacial score (nSPS) is 13.2. The van der Waals surface area contributed by atoms with Crippen molar-refractivity contribution in [2.75, 3.05) is 13.7 Å². The van der Waals surface area contributed by atoms with E-state index in [9.17, 15) is 0 Å². The van der Waals surface area contributed by atoms with Gasteiger partial charge in [-0.25, -0.2) is 4.98 Å². The van der Waals surface area contributed by atoms with Gasteiger partial charge < -0.3 is 14.0 Å². The van der Waals surface area contributed by atoms with Crippen molar-refractivity contribution in [2.24, 2.45) is 5.92 Å². The van der Waals surface area contributed by atoms with Gasteiger partial charge in [0.15, 0.2) is 6.33 Å². The van der Waals surface area contributed by atoms with Gasteiger partial charge in [0, 0.05) is 17.8 Å². The van der Waals surface area contributed by atoms with Crippen molar-refractivity contribution in [1.29, 1.82) is 0 Å². The number of nitrogens with zero attached hydrogens (tertiary/aromatic N) is 5. The molecule has 8 nitrogen and oxygen atoms in total. The molecular weight excluding hydrogens is 334 g/mol. The van der Waals surface area contributed by atoms with Gasteiger partial charge in [0.2, 0.25) is 5.88 Å². The Morgan fingerprint density at radius 1 is 1.12 bits per heavy atom. The Kier molecular flexibility index (Phi) is 5.40. The molecule has 0 radical (unpaired) electrons. The molecule has 0 spiro atoms. The zero-order valence-corrected chi connectivity index (χ0v) is 15.2. The Bertz CT molecular complexity index is 837. The predicted molar refractivity (Wildman–Crippen MR) is 93.9 cm³/mol. The molecule has 8 heteroatoms. The van der Waals surface area contributed by atoms with Crippen LogP contribution in [0.5, 0.6) is 11.6 Å². The van der Waals surface area contributed by atoms with Crippen molar-refractivity contribution in [3.05, 3.63) is 42.4 Å². The van der Waals surface area contributed by atoms with Crippen LogP contribution in [0.15, 0.2) is 35.4 Å². The molecule has 0 aliphatic rings. The monoisotopic (exact) mass is 355 g/mol. The van der Waals surface area contributed by atoms with E-state index in [2.05, 4.69) is 38.9 Å². The molecule has 26 heavy (non-hydrogen) atoms. The first-order valence-corrected chi connectivity index (χ1v) is 8.32. The van der Waals surface area contributed by atoms with Gasteiger partial charge in [0.05, 0.1) is 19.9 Å². The van der Waals surface area contributed by atoms with E-state index in [1.165, 1.54) is 6.33 Å². The average molecular weight is 355 g/mol. The number of aromatic nitrogens is 5. The van der Waals surface area contributed by atoms with Gasteiger partial charge in [0.1, 0.15) is 17.1 Å². The lowest BCUT2D eigenvalue weighted by molar-refractivity contribution is 0.232. The Morgan fingerprint density at radius 3 is 2.62 bits per heavy atom. The van der Waals surface area contributed by atoms with Gasteiger partial charge in [-0.2, -0.15) is 9.97 Å². The molecule has 3 heterocycles. The summed E-state index contributed by atoms with van der Waals surface area (Å²) >= 11 is 0. The third-order valence-corrected chi connectivity index (χ3v) is 4.26. The van der Waals surface area contributed by atoms with Crippen LogP contribution in [0, 0.1) is 12.8 Å². The second kappa shape index (κ2) is 7.90. The van der Waals surface area contributed by atoms with E-state index in [0.29, 0.717) is 29.8 Å². The summed E-state index contributed by atoms with van der Waals surface area (Å²) in [5, 5.41) is 3.62. The summed E-state index contributed by atoms with van der Waals surface area (Å²) in [7, 11) is 1.63. The lowest BCUT2D eigenvalue weighted by Gasteiger charge is -2.20. The van der Waals surface area contributed by atoms with Crippen LogP contribution in [0.1, 0.15) is 31.3 Å². The first-order valence-electron chi connectivity index (χ1n) is 8.32. The van der Waals surface area contributed by atoms with E-state index in [1.807, 2.05) is 12.1 Å². The van der Waals surface area contributed by atoms with E-state index >= 15 is 0 Å². The molecule has 0 fully saturated rings. The van der Waals surface area contributed by atoms with E-state index in [4.69, 9.17) is 14.0 Å². The summed E-state index contributed by atoms with van der Waals surface area (Å²) in [6.45, 7) is 6.49. The van der Waals surface area contributed by atoms with Crippen LogP contribution in [0.25, 0.3) is 11.5 Å². The third kappa shape index (κ3) is 3.96. The minimum atomic E-state index is 0.204. The number of pyridine rings is 1. The minimum Gasteiger partial charge on any atom is -0.495 e. The Labute approximate surface area is 151 Å². The van der Waals surface area contributed by atoms with Crippen LogP contribution in [-0.4, -0.2) is 38.8 Å². The molecule has 3 aromatic heterocycles. The maximum atomic E-state index is 5.96. The van der Waals surface area contributed by atoms with Crippen LogP contribution in [0.3, 0.4) is 0 Å². The van der Waals surface area contributed by atoms with Gasteiger partial charge in [-0.05, 0) is 25.0 Å². The SMILES string of the molecule is COc1ccc([C@@H](C)[C@H](C)COc2nc(C)ncc2-c2ncno2)nc1. The summed E-state index contributed by atoms with van der Waals surface area (Å²) in [5.74, 6) is 2.53. The highest BCUT2D eigenvalue weighted by Gasteiger charge is 2.19. The summed E-state index contributed by atoms with van der Waals surface area (Å²) in [6, 6.07) is 3.88. The number of methoxy groups -OCH3 is 1. The first kappa shape index (κ1) is 17.8. The van der Waals surface area contributed by atoms with Crippen LogP contribution in [0.2, 0.25) is 0 Å². The topological polar surface area (TPSA) is 96.1 Å². The number of ether oxygens (including phenoxy) is 2. The number of hydrogen-bond donors (Lipinski definition) is 0. The molecule has 0 aliphatic heterocycles. The van der Waals surface area contributed by atoms with Crippen molar-refractivity contribution in [3.63, 3.8) is 0 Å². The fourth-order valence-electron chi connectivity index (χ4n) is 2.43. The largest absolute Gasteiger partial charge is 0.495 e.